The second-order valence-corrected chi connectivity index (χ2v) is 26.3. The standard InChI is InChI=1S/C38H68O5Si2/c1-29(2)41-36(40)23-19-14-13-18-22-33-32(34(39)28-35(33)43-45(11,12)38(6,7)8)27-26-31(42-44(9,10)37(3,4)5)25-24-30-20-16-15-17-21-30/h13,15-18,20-21,29,31-35,39H,14,19,22-28H2,1-12H3/t31-,32+,33+,34+,35+/m0/s1. The lowest BCUT2D eigenvalue weighted by Crippen LogP contribution is -2.45. The lowest BCUT2D eigenvalue weighted by Gasteiger charge is -2.41. The highest BCUT2D eigenvalue weighted by molar-refractivity contribution is 6.74. The largest absolute Gasteiger partial charge is 0.463 e. The average Bonchev–Trinajstić information content (AvgIpc) is 3.19. The number of carbonyl (C=O) groups excluding carboxylic acids is 1. The molecule has 1 aromatic carbocycles. The number of rotatable bonds is 17. The van der Waals surface area contributed by atoms with E-state index >= 15 is 0 Å². The first-order chi connectivity index (χ1) is 20.7. The first-order valence-electron chi connectivity index (χ1n) is 17.7. The number of aryl methyl sites for hydroxylation is 1. The van der Waals surface area contributed by atoms with Crippen molar-refractivity contribution in [1.29, 1.82) is 0 Å². The Morgan fingerprint density at radius 1 is 0.933 bits per heavy atom. The number of benzene rings is 1. The van der Waals surface area contributed by atoms with Gasteiger partial charge in [0.05, 0.1) is 18.3 Å². The molecule has 0 bridgehead atoms. The van der Waals surface area contributed by atoms with Crippen LogP contribution in [0.1, 0.15) is 112 Å². The minimum atomic E-state index is -2.01. The molecule has 0 saturated heterocycles. The maximum Gasteiger partial charge on any atom is 0.306 e. The van der Waals surface area contributed by atoms with Crippen LogP contribution in [0.4, 0.5) is 0 Å². The average molecular weight is 661 g/mol. The molecule has 258 valence electrons. The van der Waals surface area contributed by atoms with Gasteiger partial charge in [-0.15, -0.1) is 0 Å². The third kappa shape index (κ3) is 13.0. The minimum absolute atomic E-state index is 0.0561. The number of aliphatic hydroxyl groups excluding tert-OH is 1. The van der Waals surface area contributed by atoms with Gasteiger partial charge in [-0.25, -0.2) is 0 Å². The van der Waals surface area contributed by atoms with E-state index in [2.05, 4.69) is 110 Å². The van der Waals surface area contributed by atoms with Crippen molar-refractivity contribution in [2.45, 2.75) is 174 Å². The van der Waals surface area contributed by atoms with E-state index in [0.29, 0.717) is 12.8 Å². The van der Waals surface area contributed by atoms with Gasteiger partial charge < -0.3 is 18.7 Å². The van der Waals surface area contributed by atoms with Crippen LogP contribution in [0.25, 0.3) is 0 Å². The highest BCUT2D eigenvalue weighted by Crippen LogP contribution is 2.46. The minimum Gasteiger partial charge on any atom is -0.463 e. The Bertz CT molecular complexity index is 1040. The molecule has 1 fully saturated rings. The molecule has 1 aliphatic rings. The molecule has 5 atom stereocenters. The summed E-state index contributed by atoms with van der Waals surface area (Å²) < 4.78 is 19.4. The van der Waals surface area contributed by atoms with Gasteiger partial charge in [-0.3, -0.25) is 4.79 Å². The Kier molecular flexibility index (Phi) is 15.3. The zero-order chi connectivity index (χ0) is 34.1. The molecule has 0 aromatic heterocycles. The molecule has 2 rings (SSSR count). The van der Waals surface area contributed by atoms with Crippen LogP contribution in [0.2, 0.25) is 36.3 Å². The van der Waals surface area contributed by atoms with Gasteiger partial charge in [-0.2, -0.15) is 0 Å². The predicted molar refractivity (Wildman–Crippen MR) is 195 cm³/mol. The topological polar surface area (TPSA) is 65.0 Å². The highest BCUT2D eigenvalue weighted by atomic mass is 28.4. The van der Waals surface area contributed by atoms with E-state index in [1.54, 1.807) is 0 Å². The predicted octanol–water partition coefficient (Wildman–Crippen LogP) is 10.2. The third-order valence-electron chi connectivity index (χ3n) is 10.6. The van der Waals surface area contributed by atoms with Gasteiger partial charge in [0.25, 0.3) is 0 Å². The molecule has 0 aliphatic heterocycles. The van der Waals surface area contributed by atoms with Crippen LogP contribution in [0.5, 0.6) is 0 Å². The van der Waals surface area contributed by atoms with E-state index in [1.807, 2.05) is 13.8 Å². The first-order valence-corrected chi connectivity index (χ1v) is 23.5. The van der Waals surface area contributed by atoms with E-state index < -0.39 is 16.6 Å². The van der Waals surface area contributed by atoms with Gasteiger partial charge in [-0.1, -0.05) is 84.0 Å². The number of ether oxygens (including phenoxy) is 1. The van der Waals surface area contributed by atoms with E-state index in [4.69, 9.17) is 13.6 Å². The molecule has 0 amide bonds. The molecule has 5 nitrogen and oxygen atoms in total. The molecule has 1 aromatic rings. The number of aliphatic hydroxyl groups is 1. The molecule has 0 radical (unpaired) electrons. The van der Waals surface area contributed by atoms with Gasteiger partial charge in [0.15, 0.2) is 16.6 Å². The normalized spacial score (nSPS) is 22.4. The van der Waals surface area contributed by atoms with Crippen molar-refractivity contribution in [3.8, 4) is 0 Å². The SMILES string of the molecule is CC(C)OC(=O)CCCC=CC[C@@H]1[C@@H](CC[C@H](CCc2ccccc2)O[Si](C)(C)C(C)(C)C)[C@H](O)C[C@H]1O[Si](C)(C)C(C)(C)C. The highest BCUT2D eigenvalue weighted by Gasteiger charge is 2.47. The molecule has 0 spiro atoms. The maximum atomic E-state index is 11.9. The zero-order valence-electron chi connectivity index (χ0n) is 30.9. The summed E-state index contributed by atoms with van der Waals surface area (Å²) in [5, 5.41) is 11.8. The van der Waals surface area contributed by atoms with Crippen LogP contribution in [0.3, 0.4) is 0 Å². The van der Waals surface area contributed by atoms with Crippen molar-refractivity contribution >= 4 is 22.6 Å². The Labute approximate surface area is 279 Å². The molecule has 0 heterocycles. The second kappa shape index (κ2) is 17.2. The number of unbranched alkanes of at least 4 members (excludes halogenated alkanes) is 1. The monoisotopic (exact) mass is 660 g/mol. The Hall–Kier alpha value is -1.26. The van der Waals surface area contributed by atoms with Gasteiger partial charge in [0, 0.05) is 12.5 Å². The van der Waals surface area contributed by atoms with Crippen LogP contribution in [0.15, 0.2) is 42.5 Å². The first kappa shape index (κ1) is 39.9. The summed E-state index contributed by atoms with van der Waals surface area (Å²) in [5.74, 6) is 0.313. The summed E-state index contributed by atoms with van der Waals surface area (Å²) in [7, 11) is -3.97. The van der Waals surface area contributed by atoms with E-state index in [0.717, 1.165) is 44.9 Å². The van der Waals surface area contributed by atoms with E-state index in [9.17, 15) is 9.90 Å². The summed E-state index contributed by atoms with van der Waals surface area (Å²) >= 11 is 0. The molecule has 1 saturated carbocycles. The molecular formula is C38H68O5Si2. The van der Waals surface area contributed by atoms with Gasteiger partial charge >= 0.3 is 5.97 Å². The molecule has 0 unspecified atom stereocenters. The fraction of sp³-hybridized carbons (Fsp3) is 0.763. The van der Waals surface area contributed by atoms with Crippen LogP contribution in [0, 0.1) is 11.8 Å². The summed E-state index contributed by atoms with van der Waals surface area (Å²) in [5.41, 5.74) is 1.35. The number of carbonyl (C=O) groups is 1. The lowest BCUT2D eigenvalue weighted by molar-refractivity contribution is -0.147. The smallest absolute Gasteiger partial charge is 0.306 e. The number of hydrogen-bond donors (Lipinski definition) is 1. The number of esters is 1. The van der Waals surface area contributed by atoms with Crippen molar-refractivity contribution in [3.63, 3.8) is 0 Å². The second-order valence-electron chi connectivity index (χ2n) is 16.8. The fourth-order valence-corrected chi connectivity index (χ4v) is 8.64. The van der Waals surface area contributed by atoms with Crippen molar-refractivity contribution in [2.75, 3.05) is 0 Å². The van der Waals surface area contributed by atoms with Crippen molar-refractivity contribution in [2.24, 2.45) is 11.8 Å². The van der Waals surface area contributed by atoms with Gasteiger partial charge in [-0.05, 0) is 119 Å². The van der Waals surface area contributed by atoms with Crippen molar-refractivity contribution < 1.29 is 23.5 Å². The summed E-state index contributed by atoms with van der Waals surface area (Å²) in [6, 6.07) is 10.7. The summed E-state index contributed by atoms with van der Waals surface area (Å²) in [6.45, 7) is 26.9. The molecule has 1 N–H and O–H groups in total. The summed E-state index contributed by atoms with van der Waals surface area (Å²) in [6.07, 6.45) is 11.8. The van der Waals surface area contributed by atoms with Crippen LogP contribution in [-0.2, 0) is 24.8 Å². The molecule has 1 aliphatic carbocycles. The van der Waals surface area contributed by atoms with E-state index in [1.165, 1.54) is 5.56 Å². The number of allylic oxidation sites excluding steroid dienone is 2. The zero-order valence-corrected chi connectivity index (χ0v) is 32.9. The Balaban J connectivity index is 2.19. The van der Waals surface area contributed by atoms with Gasteiger partial charge in [0.1, 0.15) is 0 Å². The summed E-state index contributed by atoms with van der Waals surface area (Å²) in [4.78, 5) is 11.9. The number of hydrogen-bond acceptors (Lipinski definition) is 5. The Morgan fingerprint density at radius 2 is 1.56 bits per heavy atom. The molecular weight excluding hydrogens is 593 g/mol. The quantitative estimate of drug-likeness (QED) is 0.0780. The molecule has 45 heavy (non-hydrogen) atoms. The van der Waals surface area contributed by atoms with Crippen molar-refractivity contribution in [3.05, 3.63) is 48.0 Å². The third-order valence-corrected chi connectivity index (χ3v) is 19.7. The lowest BCUT2D eigenvalue weighted by atomic mass is 9.85. The van der Waals surface area contributed by atoms with Crippen LogP contribution < -0.4 is 0 Å². The Morgan fingerprint density at radius 3 is 2.13 bits per heavy atom. The van der Waals surface area contributed by atoms with E-state index in [-0.39, 0.29) is 52.3 Å². The van der Waals surface area contributed by atoms with Crippen molar-refractivity contribution in [1.82, 2.24) is 0 Å². The van der Waals surface area contributed by atoms with Crippen LogP contribution in [-0.4, -0.2) is 52.1 Å². The van der Waals surface area contributed by atoms with Crippen LogP contribution >= 0.6 is 0 Å². The maximum absolute atomic E-state index is 11.9. The fourth-order valence-electron chi connectivity index (χ4n) is 5.84. The molecule has 7 heteroatoms. The van der Waals surface area contributed by atoms with Gasteiger partial charge in [0.2, 0.25) is 0 Å².